The van der Waals surface area contributed by atoms with Gasteiger partial charge in [0.2, 0.25) is 17.5 Å². The van der Waals surface area contributed by atoms with Gasteiger partial charge in [0.15, 0.2) is 0 Å². The second-order valence-electron chi connectivity index (χ2n) is 6.85. The van der Waals surface area contributed by atoms with Crippen LogP contribution in [0.3, 0.4) is 0 Å². The van der Waals surface area contributed by atoms with E-state index in [9.17, 15) is 25.0 Å². The molecule has 1 aromatic carbocycles. The number of nitrogens with one attached hydrogen (secondary N) is 3. The quantitative estimate of drug-likeness (QED) is 0.394. The molecule has 14 heteroatoms. The molecule has 1 aliphatic rings. The van der Waals surface area contributed by atoms with Gasteiger partial charge in [0.1, 0.15) is 6.33 Å². The van der Waals surface area contributed by atoms with Crippen LogP contribution in [-0.2, 0) is 11.2 Å². The number of piperazine rings is 1. The number of nitro groups is 2. The summed E-state index contributed by atoms with van der Waals surface area (Å²) in [6.45, 7) is 2.92. The molecule has 1 aliphatic heterocycles. The van der Waals surface area contributed by atoms with E-state index in [1.807, 2.05) is 12.1 Å². The number of hydrazine groups is 2. The number of aromatic nitrogens is 2. The van der Waals surface area contributed by atoms with Crippen molar-refractivity contribution >= 4 is 28.9 Å². The van der Waals surface area contributed by atoms with Gasteiger partial charge in [-0.25, -0.2) is 15.0 Å². The van der Waals surface area contributed by atoms with Crippen molar-refractivity contribution in [2.24, 2.45) is 0 Å². The summed E-state index contributed by atoms with van der Waals surface area (Å²) in [6, 6.07) is 5.51. The summed E-state index contributed by atoms with van der Waals surface area (Å²) in [7, 11) is 1.99. The Morgan fingerprint density at radius 2 is 1.68 bits per heavy atom. The molecule has 1 fully saturated rings. The third-order valence-electron chi connectivity index (χ3n) is 4.60. The number of carbonyl (C=O) groups is 1. The van der Waals surface area contributed by atoms with Crippen molar-refractivity contribution in [2.45, 2.75) is 6.42 Å². The van der Waals surface area contributed by atoms with Crippen LogP contribution < -0.4 is 16.3 Å². The molecule has 2 heterocycles. The molecule has 2 aromatic rings. The average Bonchev–Trinajstić information content (AvgIpc) is 2.74. The molecule has 1 saturated heterocycles. The Hall–Kier alpha value is -3.91. The Kier molecular flexibility index (Phi) is 6.84. The smallest absolute Gasteiger partial charge is 0.304 e. The van der Waals surface area contributed by atoms with Gasteiger partial charge in [-0.1, -0.05) is 12.1 Å². The van der Waals surface area contributed by atoms with Crippen LogP contribution in [0.25, 0.3) is 0 Å². The van der Waals surface area contributed by atoms with Gasteiger partial charge in [-0.15, -0.1) is 0 Å². The molecule has 0 aliphatic carbocycles. The van der Waals surface area contributed by atoms with Crippen molar-refractivity contribution in [1.82, 2.24) is 25.3 Å². The van der Waals surface area contributed by atoms with Gasteiger partial charge in [-0.05, 0) is 12.6 Å². The van der Waals surface area contributed by atoms with Crippen molar-refractivity contribution in [3.63, 3.8) is 0 Å². The Balaban J connectivity index is 1.64. The lowest BCUT2D eigenvalue weighted by Gasteiger charge is -2.32. The minimum atomic E-state index is -0.636. The van der Waals surface area contributed by atoms with E-state index in [1.54, 1.807) is 0 Å². The fraction of sp³-hybridized carbons (Fsp3) is 0.353. The van der Waals surface area contributed by atoms with Crippen LogP contribution in [0.2, 0.25) is 0 Å². The topological polar surface area (TPSA) is 172 Å². The van der Waals surface area contributed by atoms with E-state index >= 15 is 0 Å². The maximum Gasteiger partial charge on any atom is 0.356 e. The van der Waals surface area contributed by atoms with Crippen LogP contribution in [0, 0.1) is 20.2 Å². The van der Waals surface area contributed by atoms with Gasteiger partial charge in [0, 0.05) is 38.3 Å². The Morgan fingerprint density at radius 3 is 2.29 bits per heavy atom. The summed E-state index contributed by atoms with van der Waals surface area (Å²) >= 11 is 0. The van der Waals surface area contributed by atoms with Gasteiger partial charge in [-0.2, -0.15) is 0 Å². The zero-order valence-electron chi connectivity index (χ0n) is 16.6. The van der Waals surface area contributed by atoms with E-state index in [0.29, 0.717) is 18.7 Å². The third kappa shape index (κ3) is 5.80. The second kappa shape index (κ2) is 9.73. The molecule has 3 rings (SSSR count). The predicted octanol–water partition coefficient (Wildman–Crippen LogP) is 0.553. The maximum absolute atomic E-state index is 12.2. The number of hydrogen-bond acceptors (Lipinski definition) is 11. The minimum absolute atomic E-state index is 0.0108. The van der Waals surface area contributed by atoms with Crippen LogP contribution in [-0.4, -0.2) is 68.9 Å². The SMILES string of the molecule is CN1CCN(Nc2ncnc(NNC(=O)Cc3ccc([N+](=O)[O-])cc3)c2[N+](=O)[O-])CC1. The van der Waals surface area contributed by atoms with E-state index in [4.69, 9.17) is 0 Å². The van der Waals surface area contributed by atoms with Crippen molar-refractivity contribution in [3.8, 4) is 0 Å². The van der Waals surface area contributed by atoms with Crippen molar-refractivity contribution in [3.05, 3.63) is 56.4 Å². The fourth-order valence-electron chi connectivity index (χ4n) is 2.89. The van der Waals surface area contributed by atoms with Crippen LogP contribution in [0.15, 0.2) is 30.6 Å². The molecule has 1 amide bonds. The monoisotopic (exact) mass is 431 g/mol. The van der Waals surface area contributed by atoms with Crippen molar-refractivity contribution in [1.29, 1.82) is 0 Å². The molecular weight excluding hydrogens is 410 g/mol. The zero-order chi connectivity index (χ0) is 22.4. The first-order valence-corrected chi connectivity index (χ1v) is 9.31. The molecule has 14 nitrogen and oxygen atoms in total. The lowest BCUT2D eigenvalue weighted by Crippen LogP contribution is -2.47. The third-order valence-corrected chi connectivity index (χ3v) is 4.60. The number of amides is 1. The zero-order valence-corrected chi connectivity index (χ0v) is 16.6. The highest BCUT2D eigenvalue weighted by molar-refractivity contribution is 5.81. The molecule has 0 bridgehead atoms. The number of likely N-dealkylation sites (N-methyl/N-ethyl adjacent to an activating group) is 1. The maximum atomic E-state index is 12.2. The summed E-state index contributed by atoms with van der Waals surface area (Å²) in [5, 5.41) is 24.1. The highest BCUT2D eigenvalue weighted by Crippen LogP contribution is 2.28. The summed E-state index contributed by atoms with van der Waals surface area (Å²) < 4.78 is 0. The summed E-state index contributed by atoms with van der Waals surface area (Å²) in [5.74, 6) is -0.666. The first-order chi connectivity index (χ1) is 14.8. The number of rotatable bonds is 8. The standard InChI is InChI=1S/C17H21N9O5/c1-23-6-8-24(9-7-23)22-17-15(26(30)31)16(18-11-19-17)21-20-14(27)10-12-2-4-13(5-3-12)25(28)29/h2-5,11H,6-10H2,1H3,(H,20,27)(H2,18,19,21,22). The van der Waals surface area contributed by atoms with Crippen LogP contribution >= 0.6 is 0 Å². The van der Waals surface area contributed by atoms with Gasteiger partial charge < -0.3 is 4.90 Å². The van der Waals surface area contributed by atoms with Crippen LogP contribution in [0.5, 0.6) is 0 Å². The summed E-state index contributed by atoms with van der Waals surface area (Å²) in [4.78, 5) is 43.3. The van der Waals surface area contributed by atoms with E-state index in [-0.39, 0.29) is 23.7 Å². The Morgan fingerprint density at radius 1 is 1.03 bits per heavy atom. The van der Waals surface area contributed by atoms with E-state index < -0.39 is 21.4 Å². The molecule has 164 valence electrons. The van der Waals surface area contributed by atoms with E-state index in [0.717, 1.165) is 19.4 Å². The number of anilines is 2. The number of nitrogens with zero attached hydrogens (tertiary/aromatic N) is 6. The first kappa shape index (κ1) is 21.8. The number of hydrogen-bond donors (Lipinski definition) is 3. The highest BCUT2D eigenvalue weighted by atomic mass is 16.6. The summed E-state index contributed by atoms with van der Waals surface area (Å²) in [5.41, 5.74) is 7.80. The first-order valence-electron chi connectivity index (χ1n) is 9.31. The lowest BCUT2D eigenvalue weighted by molar-refractivity contribution is -0.384. The van der Waals surface area contributed by atoms with Crippen molar-refractivity contribution < 1.29 is 14.6 Å². The molecule has 0 saturated carbocycles. The van der Waals surface area contributed by atoms with E-state index in [2.05, 4.69) is 31.1 Å². The predicted molar refractivity (Wildman–Crippen MR) is 110 cm³/mol. The lowest BCUT2D eigenvalue weighted by atomic mass is 10.1. The average molecular weight is 431 g/mol. The highest BCUT2D eigenvalue weighted by Gasteiger charge is 2.25. The Labute approximate surface area is 176 Å². The molecule has 3 N–H and O–H groups in total. The van der Waals surface area contributed by atoms with Gasteiger partial charge in [0.25, 0.3) is 5.69 Å². The number of non-ortho nitro benzene ring substituents is 1. The molecule has 0 radical (unpaired) electrons. The van der Waals surface area contributed by atoms with E-state index in [1.165, 1.54) is 24.3 Å². The van der Waals surface area contributed by atoms with Crippen molar-refractivity contribution in [2.75, 3.05) is 44.1 Å². The molecular formula is C17H21N9O5. The normalized spacial score (nSPS) is 14.6. The number of benzene rings is 1. The minimum Gasteiger partial charge on any atom is -0.304 e. The molecule has 0 unspecified atom stereocenters. The summed E-state index contributed by atoms with van der Waals surface area (Å²) in [6.07, 6.45) is 1.06. The number of nitro benzene ring substituents is 1. The largest absolute Gasteiger partial charge is 0.356 e. The molecule has 31 heavy (non-hydrogen) atoms. The molecule has 1 aromatic heterocycles. The molecule has 0 atom stereocenters. The molecule has 0 spiro atoms. The number of carbonyl (C=O) groups excluding carboxylic acids is 1. The fourth-order valence-corrected chi connectivity index (χ4v) is 2.89. The van der Waals surface area contributed by atoms with Crippen LogP contribution in [0.4, 0.5) is 23.0 Å². The Bertz CT molecular complexity index is 961. The second-order valence-corrected chi connectivity index (χ2v) is 6.85. The van der Waals surface area contributed by atoms with Crippen LogP contribution in [0.1, 0.15) is 5.56 Å². The van der Waals surface area contributed by atoms with Gasteiger partial charge >= 0.3 is 5.69 Å². The van der Waals surface area contributed by atoms with Gasteiger partial charge in [-0.3, -0.25) is 41.3 Å². The van der Waals surface area contributed by atoms with Gasteiger partial charge in [0.05, 0.1) is 16.3 Å².